The van der Waals surface area contributed by atoms with E-state index in [4.69, 9.17) is 9.47 Å². The third-order valence-corrected chi connectivity index (χ3v) is 4.49. The molecule has 0 aromatic heterocycles. The molecule has 27 heavy (non-hydrogen) atoms. The summed E-state index contributed by atoms with van der Waals surface area (Å²) >= 11 is 0. The normalized spacial score (nSPS) is 14.7. The van der Waals surface area contributed by atoms with Crippen LogP contribution in [0, 0.1) is 0 Å². The van der Waals surface area contributed by atoms with Gasteiger partial charge in [0.05, 0.1) is 26.3 Å². The van der Waals surface area contributed by atoms with E-state index in [1.807, 2.05) is 25.1 Å². The Hall–Kier alpha value is -2.44. The van der Waals surface area contributed by atoms with Crippen molar-refractivity contribution in [1.82, 2.24) is 15.5 Å². The van der Waals surface area contributed by atoms with Crippen LogP contribution in [0.15, 0.2) is 23.2 Å². The number of rotatable bonds is 8. The first kappa shape index (κ1) is 20.9. The van der Waals surface area contributed by atoms with Gasteiger partial charge in [0.25, 0.3) is 0 Å². The SMILES string of the molecule is CCNC(=NCc1ccc(OC2CCCC2)c(OC)c1)NCC(=O)N(C)C. The van der Waals surface area contributed by atoms with Crippen LogP contribution in [-0.2, 0) is 11.3 Å². The largest absolute Gasteiger partial charge is 0.493 e. The van der Waals surface area contributed by atoms with Crippen LogP contribution in [0.2, 0.25) is 0 Å². The number of nitrogens with zero attached hydrogens (tertiary/aromatic N) is 2. The maximum absolute atomic E-state index is 11.7. The molecule has 0 saturated heterocycles. The molecule has 0 unspecified atom stereocenters. The number of hydrogen-bond donors (Lipinski definition) is 2. The molecule has 2 rings (SSSR count). The number of ether oxygens (including phenoxy) is 2. The van der Waals surface area contributed by atoms with E-state index in [0.29, 0.717) is 18.6 Å². The number of likely N-dealkylation sites (N-methyl/N-ethyl adjacent to an activating group) is 1. The second-order valence-corrected chi connectivity index (χ2v) is 6.85. The highest BCUT2D eigenvalue weighted by Gasteiger charge is 2.18. The Morgan fingerprint density at radius 2 is 1.96 bits per heavy atom. The number of carbonyl (C=O) groups excluding carboxylic acids is 1. The topological polar surface area (TPSA) is 75.2 Å². The molecule has 0 radical (unpaired) electrons. The minimum atomic E-state index is -0.00399. The van der Waals surface area contributed by atoms with Crippen molar-refractivity contribution in [2.24, 2.45) is 4.99 Å². The van der Waals surface area contributed by atoms with Gasteiger partial charge in [-0.15, -0.1) is 0 Å². The number of methoxy groups -OCH3 is 1. The van der Waals surface area contributed by atoms with Gasteiger partial charge in [-0.2, -0.15) is 0 Å². The van der Waals surface area contributed by atoms with Crippen LogP contribution in [0.25, 0.3) is 0 Å². The average molecular weight is 377 g/mol. The summed E-state index contributed by atoms with van der Waals surface area (Å²) in [5.74, 6) is 2.13. The molecular weight excluding hydrogens is 344 g/mol. The van der Waals surface area contributed by atoms with Crippen LogP contribution in [0.3, 0.4) is 0 Å². The molecule has 1 aliphatic rings. The molecular formula is C20H32N4O3. The van der Waals surface area contributed by atoms with Gasteiger partial charge >= 0.3 is 0 Å². The van der Waals surface area contributed by atoms with E-state index >= 15 is 0 Å². The number of aliphatic imine (C=N–C) groups is 1. The Morgan fingerprint density at radius 3 is 2.59 bits per heavy atom. The third kappa shape index (κ3) is 6.66. The summed E-state index contributed by atoms with van der Waals surface area (Å²) in [6.45, 7) is 3.39. The van der Waals surface area contributed by atoms with E-state index in [-0.39, 0.29) is 12.5 Å². The van der Waals surface area contributed by atoms with E-state index in [2.05, 4.69) is 15.6 Å². The molecule has 1 aliphatic carbocycles. The smallest absolute Gasteiger partial charge is 0.241 e. The van der Waals surface area contributed by atoms with Crippen molar-refractivity contribution in [2.45, 2.75) is 45.3 Å². The zero-order valence-corrected chi connectivity index (χ0v) is 16.9. The second-order valence-electron chi connectivity index (χ2n) is 6.85. The maximum atomic E-state index is 11.7. The zero-order chi connectivity index (χ0) is 19.6. The maximum Gasteiger partial charge on any atom is 0.241 e. The molecule has 150 valence electrons. The predicted molar refractivity (Wildman–Crippen MR) is 107 cm³/mol. The highest BCUT2D eigenvalue weighted by molar-refractivity contribution is 5.86. The summed E-state index contributed by atoms with van der Waals surface area (Å²) in [6, 6.07) is 5.92. The van der Waals surface area contributed by atoms with Gasteiger partial charge in [-0.05, 0) is 50.3 Å². The lowest BCUT2D eigenvalue weighted by molar-refractivity contribution is -0.127. The molecule has 7 nitrogen and oxygen atoms in total. The van der Waals surface area contributed by atoms with Crippen molar-refractivity contribution in [2.75, 3.05) is 34.3 Å². The first-order chi connectivity index (χ1) is 13.0. The van der Waals surface area contributed by atoms with Crippen molar-refractivity contribution in [3.63, 3.8) is 0 Å². The van der Waals surface area contributed by atoms with E-state index < -0.39 is 0 Å². The molecule has 0 aliphatic heterocycles. The molecule has 0 heterocycles. The van der Waals surface area contributed by atoms with Gasteiger partial charge in [0.2, 0.25) is 5.91 Å². The van der Waals surface area contributed by atoms with E-state index in [1.54, 1.807) is 26.1 Å². The van der Waals surface area contributed by atoms with Gasteiger partial charge in [0, 0.05) is 20.6 Å². The molecule has 0 bridgehead atoms. The van der Waals surface area contributed by atoms with E-state index in [9.17, 15) is 4.79 Å². The van der Waals surface area contributed by atoms with Crippen molar-refractivity contribution >= 4 is 11.9 Å². The lowest BCUT2D eigenvalue weighted by atomic mass is 10.2. The molecule has 1 saturated carbocycles. The van der Waals surface area contributed by atoms with Gasteiger partial charge in [0.1, 0.15) is 0 Å². The summed E-state index contributed by atoms with van der Waals surface area (Å²) in [4.78, 5) is 17.8. The minimum absolute atomic E-state index is 0.00399. The summed E-state index contributed by atoms with van der Waals surface area (Å²) in [6.07, 6.45) is 4.98. The van der Waals surface area contributed by atoms with E-state index in [0.717, 1.165) is 36.4 Å². The number of guanidine groups is 1. The molecule has 2 N–H and O–H groups in total. The highest BCUT2D eigenvalue weighted by Crippen LogP contribution is 2.32. The van der Waals surface area contributed by atoms with Crippen LogP contribution >= 0.6 is 0 Å². The first-order valence-electron chi connectivity index (χ1n) is 9.59. The van der Waals surface area contributed by atoms with Crippen molar-refractivity contribution in [3.05, 3.63) is 23.8 Å². The van der Waals surface area contributed by atoms with Gasteiger partial charge < -0.3 is 25.0 Å². The zero-order valence-electron chi connectivity index (χ0n) is 16.9. The van der Waals surface area contributed by atoms with Crippen LogP contribution < -0.4 is 20.1 Å². The summed E-state index contributed by atoms with van der Waals surface area (Å²) in [5, 5.41) is 6.20. The molecule has 1 aromatic rings. The fourth-order valence-electron chi connectivity index (χ4n) is 2.92. The van der Waals surface area contributed by atoms with Crippen LogP contribution in [0.4, 0.5) is 0 Å². The summed E-state index contributed by atoms with van der Waals surface area (Å²) < 4.78 is 11.6. The number of hydrogen-bond acceptors (Lipinski definition) is 4. The van der Waals surface area contributed by atoms with Crippen molar-refractivity contribution < 1.29 is 14.3 Å². The van der Waals surface area contributed by atoms with Crippen LogP contribution in [-0.4, -0.2) is 57.2 Å². The Bertz CT molecular complexity index is 640. The molecule has 1 amide bonds. The molecule has 0 spiro atoms. The molecule has 0 atom stereocenters. The molecule has 7 heteroatoms. The van der Waals surface area contributed by atoms with Crippen molar-refractivity contribution in [1.29, 1.82) is 0 Å². The quantitative estimate of drug-likeness (QED) is 0.537. The number of carbonyl (C=O) groups is 1. The Morgan fingerprint density at radius 1 is 1.22 bits per heavy atom. The van der Waals surface area contributed by atoms with Crippen LogP contribution in [0.5, 0.6) is 11.5 Å². The Labute approximate surface area is 162 Å². The molecule has 1 aromatic carbocycles. The highest BCUT2D eigenvalue weighted by atomic mass is 16.5. The fourth-order valence-corrected chi connectivity index (χ4v) is 2.92. The molecule has 1 fully saturated rings. The van der Waals surface area contributed by atoms with Crippen LogP contribution in [0.1, 0.15) is 38.2 Å². The average Bonchev–Trinajstić information content (AvgIpc) is 3.17. The van der Waals surface area contributed by atoms with E-state index in [1.165, 1.54) is 12.8 Å². The number of amides is 1. The Balaban J connectivity index is 2.00. The fraction of sp³-hybridized carbons (Fsp3) is 0.600. The van der Waals surface area contributed by atoms with Gasteiger partial charge in [-0.25, -0.2) is 4.99 Å². The first-order valence-corrected chi connectivity index (χ1v) is 9.59. The summed E-state index contributed by atoms with van der Waals surface area (Å²) in [5.41, 5.74) is 1.02. The lowest BCUT2D eigenvalue weighted by Gasteiger charge is -2.17. The Kier molecular flexibility index (Phi) is 8.23. The number of benzene rings is 1. The monoisotopic (exact) mass is 376 g/mol. The minimum Gasteiger partial charge on any atom is -0.493 e. The third-order valence-electron chi connectivity index (χ3n) is 4.49. The second kappa shape index (κ2) is 10.6. The number of nitrogens with one attached hydrogen (secondary N) is 2. The lowest BCUT2D eigenvalue weighted by Crippen LogP contribution is -2.42. The van der Waals surface area contributed by atoms with Gasteiger partial charge in [0.15, 0.2) is 17.5 Å². The van der Waals surface area contributed by atoms with Gasteiger partial charge in [-0.3, -0.25) is 4.79 Å². The van der Waals surface area contributed by atoms with Crippen molar-refractivity contribution in [3.8, 4) is 11.5 Å². The van der Waals surface area contributed by atoms with Gasteiger partial charge in [-0.1, -0.05) is 6.07 Å². The predicted octanol–water partition coefficient (Wildman–Crippen LogP) is 2.16. The standard InChI is InChI=1S/C20H32N4O3/c1-5-21-20(23-14-19(25)24(2)3)22-13-15-10-11-17(18(12-15)26-4)27-16-8-6-7-9-16/h10-12,16H,5-9,13-14H2,1-4H3,(H2,21,22,23). The summed E-state index contributed by atoms with van der Waals surface area (Å²) in [7, 11) is 5.12.